The Labute approximate surface area is 113 Å². The van der Waals surface area contributed by atoms with E-state index in [1.165, 1.54) is 4.88 Å². The zero-order chi connectivity index (χ0) is 13.2. The van der Waals surface area contributed by atoms with Crippen LogP contribution in [0.25, 0.3) is 0 Å². The van der Waals surface area contributed by atoms with Gasteiger partial charge in [0.1, 0.15) is 5.54 Å². The lowest BCUT2D eigenvalue weighted by Gasteiger charge is -2.34. The Morgan fingerprint density at radius 2 is 2.33 bits per heavy atom. The molecule has 1 aromatic heterocycles. The molecule has 2 rings (SSSR count). The molecule has 0 radical (unpaired) electrons. The van der Waals surface area contributed by atoms with E-state index in [0.29, 0.717) is 6.61 Å². The number of hydrogen-bond donors (Lipinski definition) is 1. The maximum Gasteiger partial charge on any atom is 0.326 e. The van der Waals surface area contributed by atoms with E-state index < -0.39 is 5.54 Å². The molecule has 1 heterocycles. The third-order valence-electron chi connectivity index (χ3n) is 4.09. The Hall–Kier alpha value is -0.870. The van der Waals surface area contributed by atoms with Crippen molar-refractivity contribution in [3.8, 4) is 0 Å². The van der Waals surface area contributed by atoms with Crippen LogP contribution in [0.1, 0.15) is 38.5 Å². The van der Waals surface area contributed by atoms with E-state index in [-0.39, 0.29) is 11.4 Å². The van der Waals surface area contributed by atoms with Crippen LogP contribution in [0.5, 0.6) is 0 Å². The molecule has 0 amide bonds. The molecule has 1 unspecified atom stereocenters. The fourth-order valence-corrected chi connectivity index (χ4v) is 2.82. The third kappa shape index (κ3) is 2.45. The van der Waals surface area contributed by atoms with Gasteiger partial charge in [0, 0.05) is 11.4 Å². The van der Waals surface area contributed by atoms with Gasteiger partial charge < -0.3 is 4.74 Å². The molecule has 18 heavy (non-hydrogen) atoms. The Balaban J connectivity index is 2.08. The lowest BCUT2D eigenvalue weighted by molar-refractivity contribution is -0.153. The Kier molecular flexibility index (Phi) is 3.78. The van der Waals surface area contributed by atoms with Crippen LogP contribution in [0.2, 0.25) is 0 Å². The molecular formula is C14H21NO2S. The molecule has 1 aromatic rings. The van der Waals surface area contributed by atoms with Crippen molar-refractivity contribution < 1.29 is 9.53 Å². The number of carbonyl (C=O) groups excluding carboxylic acids is 1. The van der Waals surface area contributed by atoms with Gasteiger partial charge in [0.2, 0.25) is 0 Å². The van der Waals surface area contributed by atoms with Crippen molar-refractivity contribution in [1.29, 1.82) is 0 Å². The largest absolute Gasteiger partial charge is 0.465 e. The highest BCUT2D eigenvalue weighted by Gasteiger charge is 2.58. The molecule has 0 aromatic carbocycles. The zero-order valence-corrected chi connectivity index (χ0v) is 12.1. The van der Waals surface area contributed by atoms with Gasteiger partial charge in [0.15, 0.2) is 0 Å². The first-order chi connectivity index (χ1) is 8.52. The maximum absolute atomic E-state index is 12.2. The summed E-state index contributed by atoms with van der Waals surface area (Å²) in [5.41, 5.74) is -0.538. The van der Waals surface area contributed by atoms with E-state index in [0.717, 1.165) is 19.4 Å². The van der Waals surface area contributed by atoms with Crippen LogP contribution in [-0.2, 0) is 16.1 Å². The minimum atomic E-state index is -0.576. The molecule has 0 saturated heterocycles. The summed E-state index contributed by atoms with van der Waals surface area (Å²) >= 11 is 1.71. The molecule has 0 bridgehead atoms. The Morgan fingerprint density at radius 1 is 1.61 bits per heavy atom. The van der Waals surface area contributed by atoms with Crippen molar-refractivity contribution in [1.82, 2.24) is 5.32 Å². The molecule has 1 aliphatic carbocycles. The molecule has 1 saturated carbocycles. The first-order valence-corrected chi connectivity index (χ1v) is 7.34. The van der Waals surface area contributed by atoms with Crippen LogP contribution in [0.3, 0.4) is 0 Å². The SMILES string of the molecule is CCOC(=O)C(C)(NCc1cccs1)C1(C)CC1. The standard InChI is InChI=1S/C14H21NO2S/c1-4-17-12(16)14(3,13(2)7-8-13)15-10-11-6-5-9-18-11/h5-6,9,15H,4,7-8,10H2,1-3H3. The first-order valence-electron chi connectivity index (χ1n) is 6.46. The molecule has 1 N–H and O–H groups in total. The highest BCUT2D eigenvalue weighted by atomic mass is 32.1. The number of thiophene rings is 1. The van der Waals surface area contributed by atoms with E-state index in [4.69, 9.17) is 4.74 Å². The molecule has 1 aliphatic rings. The predicted molar refractivity (Wildman–Crippen MR) is 73.5 cm³/mol. The second kappa shape index (κ2) is 5.02. The van der Waals surface area contributed by atoms with E-state index in [1.54, 1.807) is 11.3 Å². The van der Waals surface area contributed by atoms with Gasteiger partial charge in [-0.25, -0.2) is 0 Å². The van der Waals surface area contributed by atoms with Crippen molar-refractivity contribution in [3.05, 3.63) is 22.4 Å². The smallest absolute Gasteiger partial charge is 0.326 e. The minimum absolute atomic E-state index is 0.0382. The summed E-state index contributed by atoms with van der Waals surface area (Å²) in [5.74, 6) is -0.124. The molecule has 1 atom stereocenters. The van der Waals surface area contributed by atoms with Crippen LogP contribution >= 0.6 is 11.3 Å². The highest BCUT2D eigenvalue weighted by molar-refractivity contribution is 7.09. The van der Waals surface area contributed by atoms with Gasteiger partial charge in [-0.3, -0.25) is 10.1 Å². The number of nitrogens with one attached hydrogen (secondary N) is 1. The predicted octanol–water partition coefficient (Wildman–Crippen LogP) is 2.96. The maximum atomic E-state index is 12.2. The minimum Gasteiger partial charge on any atom is -0.465 e. The number of carbonyl (C=O) groups is 1. The van der Waals surface area contributed by atoms with Crippen molar-refractivity contribution in [2.24, 2.45) is 5.41 Å². The normalized spacial score (nSPS) is 20.2. The van der Waals surface area contributed by atoms with Gasteiger partial charge in [-0.15, -0.1) is 11.3 Å². The number of hydrogen-bond acceptors (Lipinski definition) is 4. The lowest BCUT2D eigenvalue weighted by atomic mass is 9.83. The number of esters is 1. The van der Waals surface area contributed by atoms with Crippen molar-refractivity contribution in [2.45, 2.75) is 45.7 Å². The van der Waals surface area contributed by atoms with Crippen molar-refractivity contribution in [3.63, 3.8) is 0 Å². The molecule has 4 heteroatoms. The van der Waals surface area contributed by atoms with Crippen molar-refractivity contribution in [2.75, 3.05) is 6.61 Å². The van der Waals surface area contributed by atoms with Crippen molar-refractivity contribution >= 4 is 17.3 Å². The van der Waals surface area contributed by atoms with Gasteiger partial charge in [0.25, 0.3) is 0 Å². The van der Waals surface area contributed by atoms with Gasteiger partial charge in [-0.2, -0.15) is 0 Å². The summed E-state index contributed by atoms with van der Waals surface area (Å²) in [6.45, 7) is 7.15. The molecule has 100 valence electrons. The molecule has 0 spiro atoms. The first kappa shape index (κ1) is 13.6. The van der Waals surface area contributed by atoms with Crippen LogP contribution < -0.4 is 5.32 Å². The highest BCUT2D eigenvalue weighted by Crippen LogP contribution is 2.54. The summed E-state index contributed by atoms with van der Waals surface area (Å²) < 4.78 is 5.25. The second-order valence-corrected chi connectivity index (χ2v) is 6.37. The summed E-state index contributed by atoms with van der Waals surface area (Å²) in [6.07, 6.45) is 2.17. The molecule has 3 nitrogen and oxygen atoms in total. The summed E-state index contributed by atoms with van der Waals surface area (Å²) in [7, 11) is 0. The Morgan fingerprint density at radius 3 is 2.83 bits per heavy atom. The van der Waals surface area contributed by atoms with Gasteiger partial charge >= 0.3 is 5.97 Å². The van der Waals surface area contributed by atoms with Crippen LogP contribution in [0.15, 0.2) is 17.5 Å². The average molecular weight is 267 g/mol. The summed E-state index contributed by atoms with van der Waals surface area (Å²) in [5, 5.41) is 5.47. The quantitative estimate of drug-likeness (QED) is 0.805. The van der Waals surface area contributed by atoms with Gasteiger partial charge in [0.05, 0.1) is 6.61 Å². The average Bonchev–Trinajstić information content (AvgIpc) is 2.92. The topological polar surface area (TPSA) is 38.3 Å². The molecular weight excluding hydrogens is 246 g/mol. The van der Waals surface area contributed by atoms with Crippen LogP contribution in [-0.4, -0.2) is 18.1 Å². The molecule has 0 aliphatic heterocycles. The van der Waals surface area contributed by atoms with E-state index in [2.05, 4.69) is 23.7 Å². The number of rotatable bonds is 6. The van der Waals surface area contributed by atoms with E-state index in [9.17, 15) is 4.79 Å². The fourth-order valence-electron chi connectivity index (χ4n) is 2.17. The van der Waals surface area contributed by atoms with Crippen LogP contribution in [0.4, 0.5) is 0 Å². The second-order valence-electron chi connectivity index (χ2n) is 5.34. The monoisotopic (exact) mass is 267 g/mol. The van der Waals surface area contributed by atoms with Crippen LogP contribution in [0, 0.1) is 5.41 Å². The van der Waals surface area contributed by atoms with Gasteiger partial charge in [-0.05, 0) is 43.6 Å². The summed E-state index contributed by atoms with van der Waals surface area (Å²) in [4.78, 5) is 13.5. The lowest BCUT2D eigenvalue weighted by Crippen LogP contribution is -2.56. The third-order valence-corrected chi connectivity index (χ3v) is 4.96. The summed E-state index contributed by atoms with van der Waals surface area (Å²) in [6, 6.07) is 4.11. The fraction of sp³-hybridized carbons (Fsp3) is 0.643. The molecule has 1 fully saturated rings. The van der Waals surface area contributed by atoms with E-state index in [1.807, 2.05) is 19.9 Å². The Bertz CT molecular complexity index is 411. The van der Waals surface area contributed by atoms with Gasteiger partial charge in [-0.1, -0.05) is 13.0 Å². The zero-order valence-electron chi connectivity index (χ0n) is 11.3. The van der Waals surface area contributed by atoms with E-state index >= 15 is 0 Å². The number of ether oxygens (including phenoxy) is 1.